The van der Waals surface area contributed by atoms with Crippen LogP contribution in [0.5, 0.6) is 0 Å². The smallest absolute Gasteiger partial charge is 0.457 e. The van der Waals surface area contributed by atoms with Crippen LogP contribution < -0.4 is 5.56 Å². The van der Waals surface area contributed by atoms with Crippen LogP contribution in [0.3, 0.4) is 0 Å². The van der Waals surface area contributed by atoms with Gasteiger partial charge in [-0.25, -0.2) is 14.6 Å². The summed E-state index contributed by atoms with van der Waals surface area (Å²) in [6.45, 7) is 7.80. The van der Waals surface area contributed by atoms with E-state index in [1.54, 1.807) is 24.5 Å². The molecule has 0 saturated heterocycles. The third kappa shape index (κ3) is 3.04. The number of esters is 1. The Balaban J connectivity index is 1.76. The Morgan fingerprint density at radius 1 is 1.18 bits per heavy atom. The van der Waals surface area contributed by atoms with Gasteiger partial charge in [0.05, 0.1) is 35.6 Å². The Morgan fingerprint density at radius 2 is 1.97 bits per heavy atom. The van der Waals surface area contributed by atoms with Gasteiger partial charge in [-0.2, -0.15) is 0 Å². The van der Waals surface area contributed by atoms with Crippen LogP contribution in [0, 0.1) is 6.92 Å². The monoisotopic (exact) mass is 462 g/mol. The fourth-order valence-corrected chi connectivity index (χ4v) is 5.13. The van der Waals surface area contributed by atoms with Gasteiger partial charge < -0.3 is 18.8 Å². The molecule has 3 aromatic rings. The number of nitrogens with zero attached hydrogens (tertiary/aromatic N) is 2. The SMILES string of the molecule is CCOC(=O)OC1(CC)C(=O)OCc2c1cc1n(c2=O)Cc2c-1nc1ccc(C)cc1c2CC. The maximum Gasteiger partial charge on any atom is 0.509 e. The van der Waals surface area contributed by atoms with E-state index in [1.807, 2.05) is 19.1 Å². The van der Waals surface area contributed by atoms with Crippen LogP contribution in [-0.4, -0.2) is 28.3 Å². The Hall–Kier alpha value is -3.68. The lowest BCUT2D eigenvalue weighted by atomic mass is 9.85. The second kappa shape index (κ2) is 7.97. The number of carbonyl (C=O) groups excluding carboxylic acids is 2. The summed E-state index contributed by atoms with van der Waals surface area (Å²) in [5.74, 6) is -0.714. The van der Waals surface area contributed by atoms with Gasteiger partial charge in [0.2, 0.25) is 5.60 Å². The first-order valence-electron chi connectivity index (χ1n) is 11.6. The van der Waals surface area contributed by atoms with E-state index in [-0.39, 0.29) is 25.2 Å². The van der Waals surface area contributed by atoms with E-state index in [4.69, 9.17) is 19.2 Å². The van der Waals surface area contributed by atoms with Gasteiger partial charge in [0.25, 0.3) is 5.56 Å². The number of aromatic nitrogens is 2. The molecular weight excluding hydrogens is 436 g/mol. The highest BCUT2D eigenvalue weighted by molar-refractivity contribution is 5.90. The maximum absolute atomic E-state index is 13.6. The highest BCUT2D eigenvalue weighted by atomic mass is 16.7. The van der Waals surface area contributed by atoms with Gasteiger partial charge in [-0.1, -0.05) is 25.5 Å². The van der Waals surface area contributed by atoms with Crippen molar-refractivity contribution in [3.8, 4) is 11.4 Å². The van der Waals surface area contributed by atoms with E-state index in [0.29, 0.717) is 29.1 Å². The van der Waals surface area contributed by atoms with Crippen LogP contribution in [0.1, 0.15) is 55.0 Å². The third-order valence-electron chi connectivity index (χ3n) is 6.80. The van der Waals surface area contributed by atoms with Gasteiger partial charge >= 0.3 is 12.1 Å². The molecule has 2 aliphatic heterocycles. The highest BCUT2D eigenvalue weighted by Crippen LogP contribution is 2.42. The van der Waals surface area contributed by atoms with Crippen molar-refractivity contribution in [3.63, 3.8) is 0 Å². The summed E-state index contributed by atoms with van der Waals surface area (Å²) < 4.78 is 17.5. The lowest BCUT2D eigenvalue weighted by Gasteiger charge is -2.35. The molecule has 2 aliphatic rings. The fourth-order valence-electron chi connectivity index (χ4n) is 5.13. The molecule has 0 amide bonds. The summed E-state index contributed by atoms with van der Waals surface area (Å²) in [6.07, 6.45) is -0.0968. The van der Waals surface area contributed by atoms with Gasteiger partial charge in [-0.15, -0.1) is 0 Å². The molecule has 0 saturated carbocycles. The number of cyclic esters (lactones) is 1. The van der Waals surface area contributed by atoms with Gasteiger partial charge in [0.15, 0.2) is 0 Å². The molecule has 8 heteroatoms. The minimum atomic E-state index is -1.75. The molecular formula is C26H26N2O6. The van der Waals surface area contributed by atoms with Crippen molar-refractivity contribution in [1.29, 1.82) is 0 Å². The van der Waals surface area contributed by atoms with Gasteiger partial charge in [-0.05, 0) is 50.5 Å². The average molecular weight is 463 g/mol. The molecule has 0 bridgehead atoms. The first-order valence-corrected chi connectivity index (χ1v) is 11.6. The van der Waals surface area contributed by atoms with Crippen molar-refractivity contribution >= 4 is 23.0 Å². The summed E-state index contributed by atoms with van der Waals surface area (Å²) in [5, 5.41) is 1.08. The number of pyridine rings is 2. The zero-order valence-electron chi connectivity index (χ0n) is 19.7. The van der Waals surface area contributed by atoms with E-state index in [0.717, 1.165) is 34.0 Å². The normalized spacial score (nSPS) is 18.2. The number of carbonyl (C=O) groups is 2. The van der Waals surface area contributed by atoms with Crippen molar-refractivity contribution in [3.05, 3.63) is 62.4 Å². The Morgan fingerprint density at radius 3 is 2.68 bits per heavy atom. The van der Waals surface area contributed by atoms with Crippen LogP contribution in [0.4, 0.5) is 4.79 Å². The zero-order valence-corrected chi connectivity index (χ0v) is 19.7. The Kier molecular flexibility index (Phi) is 5.19. The second-order valence-electron chi connectivity index (χ2n) is 8.65. The molecule has 34 heavy (non-hydrogen) atoms. The van der Waals surface area contributed by atoms with Gasteiger partial charge in [0.1, 0.15) is 6.61 Å². The number of rotatable bonds is 4. The molecule has 0 radical (unpaired) electrons. The first-order chi connectivity index (χ1) is 16.3. The molecule has 4 heterocycles. The zero-order chi connectivity index (χ0) is 24.2. The molecule has 8 nitrogen and oxygen atoms in total. The van der Waals surface area contributed by atoms with E-state index >= 15 is 0 Å². The molecule has 1 atom stereocenters. The molecule has 0 aliphatic carbocycles. The number of benzene rings is 1. The largest absolute Gasteiger partial charge is 0.509 e. The number of aryl methyl sites for hydroxylation is 2. The summed E-state index contributed by atoms with van der Waals surface area (Å²) in [5.41, 5.74) is 4.10. The lowest BCUT2D eigenvalue weighted by molar-refractivity contribution is -0.175. The van der Waals surface area contributed by atoms with Crippen LogP contribution in [0.15, 0.2) is 29.1 Å². The second-order valence-corrected chi connectivity index (χ2v) is 8.65. The lowest BCUT2D eigenvalue weighted by Crippen LogP contribution is -2.47. The topological polar surface area (TPSA) is 96.7 Å². The van der Waals surface area contributed by atoms with Crippen molar-refractivity contribution in [2.75, 3.05) is 6.61 Å². The summed E-state index contributed by atoms with van der Waals surface area (Å²) in [6, 6.07) is 7.89. The third-order valence-corrected chi connectivity index (χ3v) is 6.80. The first kappa shape index (κ1) is 22.1. The summed E-state index contributed by atoms with van der Waals surface area (Å²) >= 11 is 0. The van der Waals surface area contributed by atoms with Crippen molar-refractivity contribution < 1.29 is 23.8 Å². The van der Waals surface area contributed by atoms with Crippen molar-refractivity contribution in [1.82, 2.24) is 9.55 Å². The standard InChI is InChI=1S/C26H26N2O6/c1-5-15-16-10-14(4)8-9-20(16)27-22-17(15)12-28-21(22)11-19-18(23(28)29)13-33-24(30)26(19,6-2)34-25(31)32-7-3/h8-11H,5-7,12-13H2,1-4H3. The Labute approximate surface area is 196 Å². The van der Waals surface area contributed by atoms with E-state index in [9.17, 15) is 14.4 Å². The highest BCUT2D eigenvalue weighted by Gasteiger charge is 2.51. The Bertz CT molecular complexity index is 1420. The molecule has 1 unspecified atom stereocenters. The van der Waals surface area contributed by atoms with Gasteiger partial charge in [-0.3, -0.25) is 4.79 Å². The number of hydrogen-bond donors (Lipinski definition) is 0. The molecule has 5 rings (SSSR count). The van der Waals surface area contributed by atoms with Crippen LogP contribution in [-0.2, 0) is 44.2 Å². The number of ether oxygens (including phenoxy) is 3. The van der Waals surface area contributed by atoms with Gasteiger partial charge in [0, 0.05) is 16.5 Å². The van der Waals surface area contributed by atoms with E-state index in [2.05, 4.69) is 13.0 Å². The minimum Gasteiger partial charge on any atom is -0.457 e. The summed E-state index contributed by atoms with van der Waals surface area (Å²) in [4.78, 5) is 43.7. The van der Waals surface area contributed by atoms with Crippen LogP contribution in [0.2, 0.25) is 0 Å². The van der Waals surface area contributed by atoms with Crippen LogP contribution >= 0.6 is 0 Å². The predicted octanol–water partition coefficient (Wildman–Crippen LogP) is 4.13. The maximum atomic E-state index is 13.6. The molecule has 2 aromatic heterocycles. The van der Waals surface area contributed by atoms with E-state index in [1.165, 1.54) is 0 Å². The van der Waals surface area contributed by atoms with Crippen LogP contribution in [0.25, 0.3) is 22.3 Å². The van der Waals surface area contributed by atoms with Crippen molar-refractivity contribution in [2.24, 2.45) is 0 Å². The van der Waals surface area contributed by atoms with Crippen molar-refractivity contribution in [2.45, 2.75) is 59.3 Å². The number of hydrogen-bond acceptors (Lipinski definition) is 7. The molecule has 0 spiro atoms. The quantitative estimate of drug-likeness (QED) is 0.421. The molecule has 176 valence electrons. The number of fused-ring (bicyclic) bond motifs is 5. The predicted molar refractivity (Wildman–Crippen MR) is 125 cm³/mol. The van der Waals surface area contributed by atoms with E-state index < -0.39 is 17.7 Å². The fraction of sp³-hybridized carbons (Fsp3) is 0.385. The molecule has 0 N–H and O–H groups in total. The molecule has 1 aromatic carbocycles. The molecule has 0 fully saturated rings. The minimum absolute atomic E-state index is 0.0943. The summed E-state index contributed by atoms with van der Waals surface area (Å²) in [7, 11) is 0. The average Bonchev–Trinajstić information content (AvgIpc) is 3.18.